The predicted octanol–water partition coefficient (Wildman–Crippen LogP) is 1.63. The summed E-state index contributed by atoms with van der Waals surface area (Å²) in [6.07, 6.45) is 1.90. The minimum Gasteiger partial charge on any atom is -0.354 e. The fourth-order valence-corrected chi connectivity index (χ4v) is 2.32. The van der Waals surface area contributed by atoms with Crippen molar-refractivity contribution in [2.45, 2.75) is 32.9 Å². The van der Waals surface area contributed by atoms with Crippen LogP contribution in [0.5, 0.6) is 0 Å². The van der Waals surface area contributed by atoms with Crippen LogP contribution >= 0.6 is 0 Å². The molecule has 0 aromatic carbocycles. The zero-order chi connectivity index (χ0) is 13.1. The van der Waals surface area contributed by atoms with Crippen LogP contribution in [-0.4, -0.2) is 42.1 Å². The maximum absolute atomic E-state index is 5.83. The van der Waals surface area contributed by atoms with Crippen LogP contribution in [0.3, 0.4) is 0 Å². The van der Waals surface area contributed by atoms with Gasteiger partial charge in [0.2, 0.25) is 0 Å². The molecule has 1 fully saturated rings. The first-order chi connectivity index (χ1) is 8.58. The highest BCUT2D eigenvalue weighted by atomic mass is 15.3. The topological polar surface area (TPSA) is 45.4 Å². The van der Waals surface area contributed by atoms with Crippen LogP contribution in [0.1, 0.15) is 32.4 Å². The summed E-state index contributed by atoms with van der Waals surface area (Å²) in [5.41, 5.74) is 6.93. The van der Waals surface area contributed by atoms with Gasteiger partial charge in [-0.1, -0.05) is 6.07 Å². The lowest BCUT2D eigenvalue weighted by atomic mass is 10.1. The zero-order valence-electron chi connectivity index (χ0n) is 11.6. The van der Waals surface area contributed by atoms with Gasteiger partial charge in [0, 0.05) is 44.5 Å². The standard InChI is InChI=1S/C14H24N4/c1-11(2)17-6-8-18(9-7-17)14-5-4-13(10-16-14)12(3)15/h4-5,10-12H,6-9,15H2,1-3H3. The molecule has 1 aliphatic rings. The number of pyridine rings is 1. The van der Waals surface area contributed by atoms with Gasteiger partial charge in [0.25, 0.3) is 0 Å². The monoisotopic (exact) mass is 248 g/mol. The molecule has 1 aliphatic heterocycles. The van der Waals surface area contributed by atoms with Crippen LogP contribution in [0.25, 0.3) is 0 Å². The molecule has 2 N–H and O–H groups in total. The summed E-state index contributed by atoms with van der Waals surface area (Å²) in [5.74, 6) is 1.07. The Balaban J connectivity index is 1.97. The average molecular weight is 248 g/mol. The lowest BCUT2D eigenvalue weighted by Crippen LogP contribution is -2.49. The fourth-order valence-electron chi connectivity index (χ4n) is 2.32. The zero-order valence-corrected chi connectivity index (χ0v) is 11.6. The smallest absolute Gasteiger partial charge is 0.128 e. The molecule has 1 atom stereocenters. The molecule has 1 aromatic rings. The highest BCUT2D eigenvalue weighted by Gasteiger charge is 2.19. The van der Waals surface area contributed by atoms with Gasteiger partial charge < -0.3 is 10.6 Å². The molecule has 4 nitrogen and oxygen atoms in total. The first-order valence-electron chi connectivity index (χ1n) is 6.78. The minimum atomic E-state index is 0.0596. The van der Waals surface area contributed by atoms with E-state index in [1.54, 1.807) is 0 Å². The summed E-state index contributed by atoms with van der Waals surface area (Å²) in [6, 6.07) is 4.87. The highest BCUT2D eigenvalue weighted by molar-refractivity contribution is 5.40. The molecule has 0 radical (unpaired) electrons. The Morgan fingerprint density at radius 3 is 2.22 bits per heavy atom. The largest absolute Gasteiger partial charge is 0.354 e. The first-order valence-corrected chi connectivity index (χ1v) is 6.78. The number of nitrogens with zero attached hydrogens (tertiary/aromatic N) is 3. The Morgan fingerprint density at radius 2 is 1.78 bits per heavy atom. The number of rotatable bonds is 3. The van der Waals surface area contributed by atoms with Crippen molar-refractivity contribution in [3.05, 3.63) is 23.9 Å². The van der Waals surface area contributed by atoms with Crippen molar-refractivity contribution in [1.29, 1.82) is 0 Å². The second-order valence-electron chi connectivity index (χ2n) is 5.36. The molecule has 1 unspecified atom stereocenters. The lowest BCUT2D eigenvalue weighted by molar-refractivity contribution is 0.209. The Hall–Kier alpha value is -1.13. The van der Waals surface area contributed by atoms with Crippen molar-refractivity contribution in [3.63, 3.8) is 0 Å². The summed E-state index contributed by atoms with van der Waals surface area (Å²) in [4.78, 5) is 9.38. The average Bonchev–Trinajstić information content (AvgIpc) is 2.39. The van der Waals surface area contributed by atoms with Crippen LogP contribution in [0.2, 0.25) is 0 Å². The normalized spacial score (nSPS) is 19.3. The van der Waals surface area contributed by atoms with Gasteiger partial charge in [-0.15, -0.1) is 0 Å². The van der Waals surface area contributed by atoms with Gasteiger partial charge in [-0.25, -0.2) is 4.98 Å². The van der Waals surface area contributed by atoms with Crippen LogP contribution in [0.4, 0.5) is 5.82 Å². The number of piperazine rings is 1. The SMILES string of the molecule is CC(N)c1ccc(N2CCN(C(C)C)CC2)nc1. The van der Waals surface area contributed by atoms with E-state index in [1.807, 2.05) is 13.1 Å². The predicted molar refractivity (Wildman–Crippen MR) is 75.8 cm³/mol. The minimum absolute atomic E-state index is 0.0596. The van der Waals surface area contributed by atoms with Crippen LogP contribution in [0.15, 0.2) is 18.3 Å². The van der Waals surface area contributed by atoms with Crippen molar-refractivity contribution in [1.82, 2.24) is 9.88 Å². The summed E-state index contributed by atoms with van der Waals surface area (Å²) in [6.45, 7) is 10.9. The molecule has 1 saturated heterocycles. The van der Waals surface area contributed by atoms with Gasteiger partial charge in [0.1, 0.15) is 5.82 Å². The maximum Gasteiger partial charge on any atom is 0.128 e. The second kappa shape index (κ2) is 5.67. The molecular formula is C14H24N4. The highest BCUT2D eigenvalue weighted by Crippen LogP contribution is 2.17. The van der Waals surface area contributed by atoms with Crippen molar-refractivity contribution < 1.29 is 0 Å². The van der Waals surface area contributed by atoms with Crippen molar-refractivity contribution >= 4 is 5.82 Å². The molecule has 18 heavy (non-hydrogen) atoms. The molecule has 0 saturated carbocycles. The van der Waals surface area contributed by atoms with E-state index >= 15 is 0 Å². The molecule has 0 aliphatic carbocycles. The number of anilines is 1. The molecule has 0 spiro atoms. The number of hydrogen-bond donors (Lipinski definition) is 1. The molecule has 1 aromatic heterocycles. The van der Waals surface area contributed by atoms with Crippen LogP contribution in [-0.2, 0) is 0 Å². The Kier molecular flexibility index (Phi) is 4.19. The quantitative estimate of drug-likeness (QED) is 0.883. The van der Waals surface area contributed by atoms with E-state index in [9.17, 15) is 0 Å². The van der Waals surface area contributed by atoms with Gasteiger partial charge in [-0.05, 0) is 32.4 Å². The Labute approximate surface area is 110 Å². The van der Waals surface area contributed by atoms with Gasteiger partial charge >= 0.3 is 0 Å². The molecular weight excluding hydrogens is 224 g/mol. The third-order valence-corrected chi connectivity index (χ3v) is 3.67. The van der Waals surface area contributed by atoms with Gasteiger partial charge in [0.05, 0.1) is 0 Å². The first kappa shape index (κ1) is 13.3. The van der Waals surface area contributed by atoms with Crippen LogP contribution < -0.4 is 10.6 Å². The van der Waals surface area contributed by atoms with Crippen molar-refractivity contribution in [2.24, 2.45) is 5.73 Å². The summed E-state index contributed by atoms with van der Waals surface area (Å²) >= 11 is 0. The fraction of sp³-hybridized carbons (Fsp3) is 0.643. The van der Waals surface area contributed by atoms with E-state index in [4.69, 9.17) is 5.73 Å². The third kappa shape index (κ3) is 3.00. The van der Waals surface area contributed by atoms with E-state index in [0.717, 1.165) is 37.6 Å². The third-order valence-electron chi connectivity index (χ3n) is 3.67. The molecule has 2 rings (SSSR count). The summed E-state index contributed by atoms with van der Waals surface area (Å²) < 4.78 is 0. The molecule has 100 valence electrons. The molecule has 0 amide bonds. The van der Waals surface area contributed by atoms with E-state index in [0.29, 0.717) is 6.04 Å². The molecule has 4 heteroatoms. The van der Waals surface area contributed by atoms with E-state index in [-0.39, 0.29) is 6.04 Å². The Bertz CT molecular complexity index is 364. The molecule has 2 heterocycles. The van der Waals surface area contributed by atoms with Gasteiger partial charge in [-0.2, -0.15) is 0 Å². The maximum atomic E-state index is 5.83. The number of nitrogens with two attached hydrogens (primary N) is 1. The van der Waals surface area contributed by atoms with E-state index in [2.05, 4.69) is 40.8 Å². The lowest BCUT2D eigenvalue weighted by Gasteiger charge is -2.37. The van der Waals surface area contributed by atoms with E-state index < -0.39 is 0 Å². The number of hydrogen-bond acceptors (Lipinski definition) is 4. The molecule has 0 bridgehead atoms. The van der Waals surface area contributed by atoms with Crippen molar-refractivity contribution in [3.8, 4) is 0 Å². The summed E-state index contributed by atoms with van der Waals surface area (Å²) in [7, 11) is 0. The van der Waals surface area contributed by atoms with E-state index in [1.165, 1.54) is 0 Å². The number of aromatic nitrogens is 1. The van der Waals surface area contributed by atoms with Crippen molar-refractivity contribution in [2.75, 3.05) is 31.1 Å². The van der Waals surface area contributed by atoms with Gasteiger partial charge in [-0.3, -0.25) is 4.90 Å². The Morgan fingerprint density at radius 1 is 1.11 bits per heavy atom. The summed E-state index contributed by atoms with van der Waals surface area (Å²) in [5, 5.41) is 0. The second-order valence-corrected chi connectivity index (χ2v) is 5.36. The van der Waals surface area contributed by atoms with Gasteiger partial charge in [0.15, 0.2) is 0 Å². The van der Waals surface area contributed by atoms with Crippen LogP contribution in [0, 0.1) is 0 Å².